The second-order valence-electron chi connectivity index (χ2n) is 5.96. The molecule has 0 bridgehead atoms. The fourth-order valence-electron chi connectivity index (χ4n) is 2.74. The van der Waals surface area contributed by atoms with Crippen LogP contribution in [0.4, 0.5) is 10.1 Å². The molecule has 4 rings (SSSR count). The van der Waals surface area contributed by atoms with Crippen molar-refractivity contribution in [3.05, 3.63) is 83.3 Å². The minimum atomic E-state index is -0.327. The zero-order valence-electron chi connectivity index (χ0n) is 14.9. The molecule has 1 saturated heterocycles. The average molecular weight is 393 g/mol. The number of thioether (sulfide) groups is 1. The number of benzene rings is 2. The number of nitrogens with zero attached hydrogens (tertiary/aromatic N) is 2. The number of hydrogen-bond donors (Lipinski definition) is 1. The van der Waals surface area contributed by atoms with Crippen molar-refractivity contribution in [2.75, 3.05) is 7.11 Å². The maximum atomic E-state index is 13.0. The van der Waals surface area contributed by atoms with E-state index in [1.807, 2.05) is 53.2 Å². The minimum absolute atomic E-state index is 0.214. The van der Waals surface area contributed by atoms with Gasteiger partial charge >= 0.3 is 0 Å². The molecule has 1 aliphatic rings. The molecule has 3 aromatic rings. The Bertz CT molecular complexity index is 1070. The van der Waals surface area contributed by atoms with Crippen LogP contribution < -0.4 is 10.1 Å². The molecule has 0 saturated carbocycles. The van der Waals surface area contributed by atoms with Gasteiger partial charge in [0, 0.05) is 17.6 Å². The summed E-state index contributed by atoms with van der Waals surface area (Å²) in [6.45, 7) is 0. The van der Waals surface area contributed by atoms with Crippen molar-refractivity contribution in [3.63, 3.8) is 0 Å². The van der Waals surface area contributed by atoms with E-state index < -0.39 is 0 Å². The molecule has 28 heavy (non-hydrogen) atoms. The summed E-state index contributed by atoms with van der Waals surface area (Å²) in [6.07, 6.45) is 3.75. The summed E-state index contributed by atoms with van der Waals surface area (Å²) in [5, 5.41) is 3.20. The smallest absolute Gasteiger partial charge is 0.264 e. The zero-order valence-corrected chi connectivity index (χ0v) is 15.7. The lowest BCUT2D eigenvalue weighted by atomic mass is 10.3. The molecule has 0 radical (unpaired) electrons. The van der Waals surface area contributed by atoms with Crippen LogP contribution in [0.25, 0.3) is 11.8 Å². The number of carbonyl (C=O) groups is 1. The number of halogens is 1. The van der Waals surface area contributed by atoms with E-state index in [9.17, 15) is 9.18 Å². The van der Waals surface area contributed by atoms with Crippen molar-refractivity contribution < 1.29 is 13.9 Å². The quantitative estimate of drug-likeness (QED) is 0.663. The first-order valence-corrected chi connectivity index (χ1v) is 9.31. The van der Waals surface area contributed by atoms with Gasteiger partial charge in [0.05, 0.1) is 17.7 Å². The van der Waals surface area contributed by atoms with Gasteiger partial charge in [0.2, 0.25) is 0 Å². The van der Waals surface area contributed by atoms with Gasteiger partial charge in [0.15, 0.2) is 5.17 Å². The summed E-state index contributed by atoms with van der Waals surface area (Å²) in [5.41, 5.74) is 2.40. The highest BCUT2D eigenvalue weighted by molar-refractivity contribution is 8.18. The third-order valence-electron chi connectivity index (χ3n) is 4.12. The first-order chi connectivity index (χ1) is 13.6. The van der Waals surface area contributed by atoms with Crippen LogP contribution >= 0.6 is 11.8 Å². The largest absolute Gasteiger partial charge is 0.497 e. The van der Waals surface area contributed by atoms with Crippen LogP contribution in [0.15, 0.2) is 76.8 Å². The molecule has 1 aromatic heterocycles. The average Bonchev–Trinajstić information content (AvgIpc) is 3.30. The predicted octanol–water partition coefficient (Wildman–Crippen LogP) is 4.52. The van der Waals surface area contributed by atoms with Gasteiger partial charge in [-0.1, -0.05) is 0 Å². The molecule has 1 fully saturated rings. The van der Waals surface area contributed by atoms with E-state index in [0.29, 0.717) is 15.8 Å². The molecule has 140 valence electrons. The van der Waals surface area contributed by atoms with E-state index in [2.05, 4.69) is 10.3 Å². The number of ether oxygens (including phenoxy) is 1. The maximum absolute atomic E-state index is 13.0. The Kier molecular flexibility index (Phi) is 4.99. The van der Waals surface area contributed by atoms with Crippen LogP contribution in [0.3, 0.4) is 0 Å². The monoisotopic (exact) mass is 393 g/mol. The van der Waals surface area contributed by atoms with Crippen molar-refractivity contribution in [1.29, 1.82) is 0 Å². The first-order valence-electron chi connectivity index (χ1n) is 8.49. The van der Waals surface area contributed by atoms with Gasteiger partial charge in [-0.05, 0) is 78.5 Å². The number of amides is 1. The highest BCUT2D eigenvalue weighted by Crippen LogP contribution is 2.29. The van der Waals surface area contributed by atoms with Gasteiger partial charge in [-0.25, -0.2) is 9.38 Å². The number of aromatic nitrogens is 1. The lowest BCUT2D eigenvalue weighted by Crippen LogP contribution is -2.19. The van der Waals surface area contributed by atoms with Gasteiger partial charge in [0.25, 0.3) is 5.91 Å². The lowest BCUT2D eigenvalue weighted by Gasteiger charge is -2.08. The Balaban J connectivity index is 1.59. The van der Waals surface area contributed by atoms with Crippen LogP contribution in [0, 0.1) is 5.82 Å². The molecule has 1 N–H and O–H groups in total. The summed E-state index contributed by atoms with van der Waals surface area (Å²) < 4.78 is 20.2. The number of nitrogens with one attached hydrogen (secondary N) is 1. The van der Waals surface area contributed by atoms with Gasteiger partial charge < -0.3 is 14.6 Å². The summed E-state index contributed by atoms with van der Waals surface area (Å²) >= 11 is 1.25. The van der Waals surface area contributed by atoms with E-state index in [-0.39, 0.29) is 11.7 Å². The Hall–Kier alpha value is -3.32. The highest BCUT2D eigenvalue weighted by Gasteiger charge is 2.24. The molecular weight excluding hydrogens is 377 g/mol. The Morgan fingerprint density at radius 2 is 1.86 bits per heavy atom. The lowest BCUT2D eigenvalue weighted by molar-refractivity contribution is -0.115. The normalized spacial score (nSPS) is 16.6. The van der Waals surface area contributed by atoms with Crippen LogP contribution in [-0.2, 0) is 4.79 Å². The van der Waals surface area contributed by atoms with Gasteiger partial charge in [0.1, 0.15) is 11.6 Å². The van der Waals surface area contributed by atoms with E-state index in [0.717, 1.165) is 17.1 Å². The summed E-state index contributed by atoms with van der Waals surface area (Å²) in [5.74, 6) is 0.239. The third-order valence-corrected chi connectivity index (χ3v) is 5.03. The summed E-state index contributed by atoms with van der Waals surface area (Å²) in [6, 6.07) is 17.3. The molecule has 2 aromatic carbocycles. The van der Waals surface area contributed by atoms with Crippen LogP contribution in [0.5, 0.6) is 5.75 Å². The highest BCUT2D eigenvalue weighted by atomic mass is 32.2. The SMILES string of the molecule is COc1ccc(-n2cccc2/C=C2/SC(=Nc3ccc(F)cc3)NC2=O)cc1. The molecule has 7 heteroatoms. The number of methoxy groups -OCH3 is 1. The number of carbonyl (C=O) groups excluding carboxylic acids is 1. The molecule has 0 atom stereocenters. The van der Waals surface area contributed by atoms with E-state index in [1.54, 1.807) is 19.2 Å². The third kappa shape index (κ3) is 3.84. The maximum Gasteiger partial charge on any atom is 0.264 e. The molecule has 5 nitrogen and oxygen atoms in total. The van der Waals surface area contributed by atoms with Crippen molar-refractivity contribution in [2.45, 2.75) is 0 Å². The molecule has 0 aliphatic carbocycles. The standard InChI is InChI=1S/C21H16FN3O2S/c1-27-18-10-8-16(9-11-18)25-12-2-3-17(25)13-19-20(26)24-21(28-19)23-15-6-4-14(22)5-7-15/h2-13H,1H3,(H,23,24,26)/b19-13+. The van der Waals surface area contributed by atoms with Crippen LogP contribution in [0.2, 0.25) is 0 Å². The second-order valence-corrected chi connectivity index (χ2v) is 6.99. The number of aliphatic imine (C=N–C) groups is 1. The second kappa shape index (κ2) is 7.74. The Labute approximate surface area is 165 Å². The Morgan fingerprint density at radius 3 is 2.57 bits per heavy atom. The zero-order chi connectivity index (χ0) is 19.5. The van der Waals surface area contributed by atoms with Gasteiger partial charge in [-0.15, -0.1) is 0 Å². The molecule has 0 unspecified atom stereocenters. The van der Waals surface area contributed by atoms with Crippen molar-refractivity contribution in [2.24, 2.45) is 4.99 Å². The number of rotatable bonds is 4. The van der Waals surface area contributed by atoms with Crippen molar-refractivity contribution >= 4 is 34.6 Å². The van der Waals surface area contributed by atoms with Crippen LogP contribution in [0.1, 0.15) is 5.69 Å². The van der Waals surface area contributed by atoms with Crippen molar-refractivity contribution in [1.82, 2.24) is 9.88 Å². The summed E-state index contributed by atoms with van der Waals surface area (Å²) in [4.78, 5) is 17.2. The van der Waals surface area contributed by atoms with E-state index in [4.69, 9.17) is 4.74 Å². The van der Waals surface area contributed by atoms with Gasteiger partial charge in [-0.2, -0.15) is 0 Å². The van der Waals surface area contributed by atoms with E-state index in [1.165, 1.54) is 23.9 Å². The number of amidine groups is 1. The fourth-order valence-corrected chi connectivity index (χ4v) is 3.56. The molecule has 1 aliphatic heterocycles. The molecule has 2 heterocycles. The van der Waals surface area contributed by atoms with Crippen LogP contribution in [-0.4, -0.2) is 22.8 Å². The first kappa shape index (κ1) is 18.1. The minimum Gasteiger partial charge on any atom is -0.497 e. The predicted molar refractivity (Wildman–Crippen MR) is 110 cm³/mol. The molecular formula is C21H16FN3O2S. The number of hydrogen-bond acceptors (Lipinski definition) is 4. The summed E-state index contributed by atoms with van der Waals surface area (Å²) in [7, 11) is 1.63. The van der Waals surface area contributed by atoms with Crippen molar-refractivity contribution in [3.8, 4) is 11.4 Å². The molecule has 1 amide bonds. The fraction of sp³-hybridized carbons (Fsp3) is 0.0476. The Morgan fingerprint density at radius 1 is 1.11 bits per heavy atom. The van der Waals surface area contributed by atoms with E-state index >= 15 is 0 Å². The van der Waals surface area contributed by atoms with Gasteiger partial charge in [-0.3, -0.25) is 4.79 Å². The molecule has 0 spiro atoms. The topological polar surface area (TPSA) is 55.6 Å².